The van der Waals surface area contributed by atoms with E-state index in [2.05, 4.69) is 15.3 Å². The lowest BCUT2D eigenvalue weighted by atomic mass is 10.0. The Morgan fingerprint density at radius 3 is 2.62 bits per heavy atom. The number of hydrogen-bond acceptors (Lipinski definition) is 5. The number of aryl methyl sites for hydroxylation is 2. The molecule has 0 N–H and O–H groups in total. The van der Waals surface area contributed by atoms with E-state index in [0.717, 1.165) is 24.1 Å². The number of nitrogens with zero attached hydrogens (tertiary/aromatic N) is 5. The molecule has 0 bridgehead atoms. The van der Waals surface area contributed by atoms with Gasteiger partial charge in [-0.2, -0.15) is 5.10 Å². The lowest BCUT2D eigenvalue weighted by Crippen LogP contribution is -2.36. The predicted octanol–water partition coefficient (Wildman–Crippen LogP) is 4.31. The average molecular weight is 448 g/mol. The number of benzene rings is 2. The standard InChI is InChI=1S/C24H22ClN5O2/c1-29-20-13-14-30(21(31)12-11-16-7-3-2-4-8-16)15-18(20)22(28-29)24-27-26-23(32-24)17-9-5-6-10-19(17)25/h2-10H,11-15H2,1H3. The Bertz CT molecular complexity index is 1260. The Labute approximate surface area is 190 Å². The first-order chi connectivity index (χ1) is 15.6. The topological polar surface area (TPSA) is 77.1 Å². The van der Waals surface area contributed by atoms with E-state index < -0.39 is 0 Å². The third kappa shape index (κ3) is 3.91. The van der Waals surface area contributed by atoms with Crippen LogP contribution in [0.4, 0.5) is 0 Å². The summed E-state index contributed by atoms with van der Waals surface area (Å²) in [7, 11) is 1.90. The van der Waals surface area contributed by atoms with E-state index in [1.54, 1.807) is 6.07 Å². The molecule has 0 aliphatic carbocycles. The summed E-state index contributed by atoms with van der Waals surface area (Å²) in [5, 5.41) is 13.6. The van der Waals surface area contributed by atoms with Crippen LogP contribution >= 0.6 is 11.6 Å². The average Bonchev–Trinajstić information content (AvgIpc) is 3.43. The van der Waals surface area contributed by atoms with Crippen molar-refractivity contribution in [2.24, 2.45) is 7.05 Å². The van der Waals surface area contributed by atoms with Crippen molar-refractivity contribution in [2.75, 3.05) is 6.54 Å². The van der Waals surface area contributed by atoms with Crippen LogP contribution in [0.25, 0.3) is 23.0 Å². The molecule has 0 unspecified atom stereocenters. The number of halogens is 1. The van der Waals surface area contributed by atoms with Crippen LogP contribution in [0.2, 0.25) is 5.02 Å². The molecule has 0 atom stereocenters. The molecule has 0 radical (unpaired) electrons. The molecule has 2 aromatic heterocycles. The molecule has 0 spiro atoms. The molecule has 0 saturated heterocycles. The van der Waals surface area contributed by atoms with E-state index >= 15 is 0 Å². The highest BCUT2D eigenvalue weighted by molar-refractivity contribution is 6.33. The molecule has 7 nitrogen and oxygen atoms in total. The second kappa shape index (κ2) is 8.59. The molecule has 1 amide bonds. The molecule has 1 aliphatic heterocycles. The van der Waals surface area contributed by atoms with Crippen molar-refractivity contribution in [3.8, 4) is 23.0 Å². The minimum absolute atomic E-state index is 0.136. The Hall–Kier alpha value is -3.45. The normalized spacial score (nSPS) is 13.2. The Balaban J connectivity index is 1.37. The van der Waals surface area contributed by atoms with Crippen LogP contribution in [0.1, 0.15) is 23.2 Å². The van der Waals surface area contributed by atoms with E-state index in [4.69, 9.17) is 16.0 Å². The van der Waals surface area contributed by atoms with Crippen LogP contribution in [-0.4, -0.2) is 37.3 Å². The maximum Gasteiger partial charge on any atom is 0.268 e. The fourth-order valence-corrected chi connectivity index (χ4v) is 4.31. The van der Waals surface area contributed by atoms with E-state index in [1.807, 2.05) is 65.2 Å². The van der Waals surface area contributed by atoms with Crippen molar-refractivity contribution in [3.05, 3.63) is 76.4 Å². The molecule has 0 saturated carbocycles. The van der Waals surface area contributed by atoms with E-state index in [-0.39, 0.29) is 5.91 Å². The molecule has 32 heavy (non-hydrogen) atoms. The summed E-state index contributed by atoms with van der Waals surface area (Å²) in [4.78, 5) is 14.8. The van der Waals surface area contributed by atoms with Gasteiger partial charge in [0.05, 0.1) is 10.6 Å². The number of aromatic nitrogens is 4. The maximum absolute atomic E-state index is 12.9. The van der Waals surface area contributed by atoms with Crippen LogP contribution in [0.15, 0.2) is 59.0 Å². The van der Waals surface area contributed by atoms with Crippen molar-refractivity contribution >= 4 is 17.5 Å². The molecule has 1 aliphatic rings. The van der Waals surface area contributed by atoms with Gasteiger partial charge in [0.25, 0.3) is 5.89 Å². The van der Waals surface area contributed by atoms with Crippen molar-refractivity contribution in [3.63, 3.8) is 0 Å². The molecule has 162 valence electrons. The zero-order chi connectivity index (χ0) is 22.1. The largest absolute Gasteiger partial charge is 0.414 e. The lowest BCUT2D eigenvalue weighted by Gasteiger charge is -2.27. The van der Waals surface area contributed by atoms with E-state index in [0.29, 0.717) is 47.6 Å². The van der Waals surface area contributed by atoms with Gasteiger partial charge in [0.15, 0.2) is 5.69 Å². The van der Waals surface area contributed by atoms with Crippen molar-refractivity contribution in [1.82, 2.24) is 24.9 Å². The van der Waals surface area contributed by atoms with E-state index in [1.165, 1.54) is 5.56 Å². The number of rotatable bonds is 5. The highest BCUT2D eigenvalue weighted by Crippen LogP contribution is 2.32. The van der Waals surface area contributed by atoms with Crippen LogP contribution in [0, 0.1) is 0 Å². The summed E-state index contributed by atoms with van der Waals surface area (Å²) in [6.07, 6.45) is 1.95. The smallest absolute Gasteiger partial charge is 0.268 e. The zero-order valence-corrected chi connectivity index (χ0v) is 18.4. The van der Waals surface area contributed by atoms with E-state index in [9.17, 15) is 4.79 Å². The van der Waals surface area contributed by atoms with Gasteiger partial charge in [-0.05, 0) is 24.1 Å². The SMILES string of the molecule is Cn1nc(-c2nnc(-c3ccccc3Cl)o2)c2c1CCN(C(=O)CCc1ccccc1)C2. The number of carbonyl (C=O) groups excluding carboxylic acids is 1. The highest BCUT2D eigenvalue weighted by atomic mass is 35.5. The highest BCUT2D eigenvalue weighted by Gasteiger charge is 2.29. The van der Waals surface area contributed by atoms with Gasteiger partial charge < -0.3 is 9.32 Å². The first kappa shape index (κ1) is 20.5. The Morgan fingerprint density at radius 1 is 1.06 bits per heavy atom. The summed E-state index contributed by atoms with van der Waals surface area (Å²) in [5.41, 5.74) is 4.51. The minimum Gasteiger partial charge on any atom is -0.414 e. The van der Waals surface area contributed by atoms with Crippen LogP contribution < -0.4 is 0 Å². The monoisotopic (exact) mass is 447 g/mol. The van der Waals surface area contributed by atoms with Crippen molar-refractivity contribution in [1.29, 1.82) is 0 Å². The first-order valence-corrected chi connectivity index (χ1v) is 10.9. The first-order valence-electron chi connectivity index (χ1n) is 10.6. The third-order valence-electron chi connectivity index (χ3n) is 5.80. The second-order valence-corrected chi connectivity index (χ2v) is 8.25. The summed E-state index contributed by atoms with van der Waals surface area (Å²) in [6.45, 7) is 1.16. The van der Waals surface area contributed by atoms with Gasteiger partial charge in [0.1, 0.15) is 0 Å². The molecular weight excluding hydrogens is 426 g/mol. The van der Waals surface area contributed by atoms with Gasteiger partial charge >= 0.3 is 0 Å². The molecule has 2 aromatic carbocycles. The second-order valence-electron chi connectivity index (χ2n) is 7.84. The van der Waals surface area contributed by atoms with Crippen LogP contribution in [0.3, 0.4) is 0 Å². The molecule has 3 heterocycles. The van der Waals surface area contributed by atoms with Gasteiger partial charge in [-0.15, -0.1) is 10.2 Å². The van der Waals surface area contributed by atoms with Gasteiger partial charge in [-0.1, -0.05) is 54.1 Å². The quantitative estimate of drug-likeness (QED) is 0.455. The summed E-state index contributed by atoms with van der Waals surface area (Å²) >= 11 is 6.27. The lowest BCUT2D eigenvalue weighted by molar-refractivity contribution is -0.132. The Morgan fingerprint density at radius 2 is 1.81 bits per heavy atom. The molecule has 5 rings (SSSR count). The number of hydrogen-bond donors (Lipinski definition) is 0. The summed E-state index contributed by atoms with van der Waals surface area (Å²) in [5.74, 6) is 0.809. The third-order valence-corrected chi connectivity index (χ3v) is 6.13. The molecule has 4 aromatic rings. The van der Waals surface area contributed by atoms with Crippen LogP contribution in [0.5, 0.6) is 0 Å². The van der Waals surface area contributed by atoms with Gasteiger partial charge in [-0.3, -0.25) is 9.48 Å². The molecule has 8 heteroatoms. The van der Waals surface area contributed by atoms with Crippen molar-refractivity contribution < 1.29 is 9.21 Å². The summed E-state index contributed by atoms with van der Waals surface area (Å²) in [6, 6.07) is 17.4. The fourth-order valence-electron chi connectivity index (χ4n) is 4.09. The number of carbonyl (C=O) groups is 1. The number of amides is 1. The van der Waals surface area contributed by atoms with Gasteiger partial charge in [0, 0.05) is 44.2 Å². The Kier molecular flexibility index (Phi) is 5.49. The van der Waals surface area contributed by atoms with Gasteiger partial charge in [-0.25, -0.2) is 0 Å². The minimum atomic E-state index is 0.136. The molecular formula is C24H22ClN5O2. The van der Waals surface area contributed by atoms with Crippen molar-refractivity contribution in [2.45, 2.75) is 25.8 Å². The van der Waals surface area contributed by atoms with Crippen LogP contribution in [-0.2, 0) is 31.2 Å². The summed E-state index contributed by atoms with van der Waals surface area (Å²) < 4.78 is 7.77. The molecule has 0 fully saturated rings. The fraction of sp³-hybridized carbons (Fsp3) is 0.250. The van der Waals surface area contributed by atoms with Gasteiger partial charge in [0.2, 0.25) is 11.8 Å². The maximum atomic E-state index is 12.9. The predicted molar refractivity (Wildman–Crippen MR) is 121 cm³/mol. The number of fused-ring (bicyclic) bond motifs is 1. The zero-order valence-electron chi connectivity index (χ0n) is 17.7.